The number of ether oxygens (including phenoxy) is 1. The summed E-state index contributed by atoms with van der Waals surface area (Å²) in [5.41, 5.74) is 1.31. The van der Waals surface area contributed by atoms with Crippen LogP contribution < -0.4 is 4.72 Å². The Morgan fingerprint density at radius 3 is 2.52 bits per heavy atom. The zero-order chi connectivity index (χ0) is 16.9. The lowest BCUT2D eigenvalue weighted by Crippen LogP contribution is -2.18. The number of carbonyl (C=O) groups is 1. The molecule has 0 heterocycles. The van der Waals surface area contributed by atoms with E-state index in [1.165, 1.54) is 25.3 Å². The van der Waals surface area contributed by atoms with Gasteiger partial charge >= 0.3 is 5.97 Å². The first kappa shape index (κ1) is 17.3. The lowest BCUT2D eigenvalue weighted by Gasteiger charge is -2.10. The predicted octanol–water partition coefficient (Wildman–Crippen LogP) is 3.11. The molecule has 1 N–H and O–H groups in total. The molecule has 0 amide bonds. The van der Waals surface area contributed by atoms with Crippen LogP contribution in [-0.2, 0) is 21.2 Å². The van der Waals surface area contributed by atoms with Gasteiger partial charge in [-0.25, -0.2) is 13.2 Å². The standard InChI is InChI=1S/C16H16ClNO4S/c1-22-16(19)14-11-13(7-8-15(14)17)18-23(20,21)10-9-12-5-3-2-4-6-12/h2-8,11,18H,9-10H2,1H3. The van der Waals surface area contributed by atoms with Crippen molar-refractivity contribution >= 4 is 33.3 Å². The normalized spacial score (nSPS) is 11.0. The highest BCUT2D eigenvalue weighted by Crippen LogP contribution is 2.22. The average Bonchev–Trinajstić information content (AvgIpc) is 2.55. The van der Waals surface area contributed by atoms with Gasteiger partial charge in [0.15, 0.2) is 0 Å². The fourth-order valence-electron chi connectivity index (χ4n) is 1.98. The largest absolute Gasteiger partial charge is 0.465 e. The second-order valence-corrected chi connectivity index (χ2v) is 7.09. The molecule has 5 nitrogen and oxygen atoms in total. The first-order valence-corrected chi connectivity index (χ1v) is 8.86. The first-order chi connectivity index (χ1) is 10.9. The summed E-state index contributed by atoms with van der Waals surface area (Å²) in [6.45, 7) is 0. The van der Waals surface area contributed by atoms with Gasteiger partial charge in [0.1, 0.15) is 0 Å². The molecule has 0 aliphatic rings. The monoisotopic (exact) mass is 353 g/mol. The molecular weight excluding hydrogens is 338 g/mol. The second-order valence-electron chi connectivity index (χ2n) is 4.84. The number of esters is 1. The van der Waals surface area contributed by atoms with Gasteiger partial charge in [0, 0.05) is 5.69 Å². The Morgan fingerprint density at radius 2 is 1.87 bits per heavy atom. The molecule has 0 aromatic heterocycles. The van der Waals surface area contributed by atoms with Crippen LogP contribution in [0.4, 0.5) is 5.69 Å². The zero-order valence-corrected chi connectivity index (χ0v) is 14.0. The fraction of sp³-hybridized carbons (Fsp3) is 0.188. The third-order valence-corrected chi connectivity index (χ3v) is 4.77. The number of hydrogen-bond donors (Lipinski definition) is 1. The van der Waals surface area contributed by atoms with Crippen molar-refractivity contribution in [3.05, 3.63) is 64.7 Å². The number of halogens is 1. The maximum Gasteiger partial charge on any atom is 0.339 e. The van der Waals surface area contributed by atoms with Gasteiger partial charge in [-0.15, -0.1) is 0 Å². The molecule has 0 saturated heterocycles. The number of rotatable bonds is 6. The molecule has 0 atom stereocenters. The molecule has 2 aromatic rings. The molecule has 2 rings (SSSR count). The third-order valence-electron chi connectivity index (χ3n) is 3.15. The molecule has 2 aromatic carbocycles. The van der Waals surface area contributed by atoms with Crippen molar-refractivity contribution in [3.8, 4) is 0 Å². The number of nitrogens with one attached hydrogen (secondary N) is 1. The van der Waals surface area contributed by atoms with Crippen LogP contribution in [0.1, 0.15) is 15.9 Å². The van der Waals surface area contributed by atoms with Crippen molar-refractivity contribution in [2.45, 2.75) is 6.42 Å². The van der Waals surface area contributed by atoms with Gasteiger partial charge in [-0.1, -0.05) is 41.9 Å². The lowest BCUT2D eigenvalue weighted by atomic mass is 10.2. The minimum Gasteiger partial charge on any atom is -0.465 e. The summed E-state index contributed by atoms with van der Waals surface area (Å²) >= 11 is 5.90. The number of sulfonamides is 1. The van der Waals surface area contributed by atoms with E-state index >= 15 is 0 Å². The number of methoxy groups -OCH3 is 1. The van der Waals surface area contributed by atoms with Gasteiger partial charge < -0.3 is 4.74 Å². The topological polar surface area (TPSA) is 72.5 Å². The number of hydrogen-bond acceptors (Lipinski definition) is 4. The van der Waals surface area contributed by atoms with Gasteiger partial charge in [-0.05, 0) is 30.2 Å². The summed E-state index contributed by atoms with van der Waals surface area (Å²) < 4.78 is 31.3. The Balaban J connectivity index is 2.09. The van der Waals surface area contributed by atoms with Crippen molar-refractivity contribution in [1.29, 1.82) is 0 Å². The molecule has 0 spiro atoms. The van der Waals surface area contributed by atoms with Gasteiger partial charge in [0.05, 0.1) is 23.4 Å². The van der Waals surface area contributed by atoms with E-state index < -0.39 is 16.0 Å². The molecule has 0 bridgehead atoms. The molecule has 0 radical (unpaired) electrons. The van der Waals surface area contributed by atoms with Crippen LogP contribution in [0, 0.1) is 0 Å². The quantitative estimate of drug-likeness (QED) is 0.810. The minimum atomic E-state index is -3.54. The molecule has 122 valence electrons. The molecule has 0 fully saturated rings. The molecule has 0 aliphatic carbocycles. The number of anilines is 1. The van der Waals surface area contributed by atoms with Crippen LogP contribution in [0.5, 0.6) is 0 Å². The van der Waals surface area contributed by atoms with E-state index in [4.69, 9.17) is 11.6 Å². The summed E-state index contributed by atoms with van der Waals surface area (Å²) in [6.07, 6.45) is 0.396. The number of aryl methyl sites for hydroxylation is 1. The van der Waals surface area contributed by atoms with Crippen LogP contribution in [0.2, 0.25) is 5.02 Å². The summed E-state index contributed by atoms with van der Waals surface area (Å²) in [5, 5.41) is 0.198. The van der Waals surface area contributed by atoms with Crippen molar-refractivity contribution in [1.82, 2.24) is 0 Å². The number of benzene rings is 2. The molecular formula is C16H16ClNO4S. The van der Waals surface area contributed by atoms with Crippen molar-refractivity contribution in [2.75, 3.05) is 17.6 Å². The van der Waals surface area contributed by atoms with Crippen molar-refractivity contribution < 1.29 is 17.9 Å². The van der Waals surface area contributed by atoms with E-state index in [9.17, 15) is 13.2 Å². The molecule has 0 aliphatic heterocycles. The second kappa shape index (κ2) is 7.48. The van der Waals surface area contributed by atoms with Crippen molar-refractivity contribution in [3.63, 3.8) is 0 Å². The van der Waals surface area contributed by atoms with Gasteiger partial charge in [-0.3, -0.25) is 4.72 Å². The van der Waals surface area contributed by atoms with Gasteiger partial charge in [0.25, 0.3) is 0 Å². The Labute approximate surface area is 140 Å². The van der Waals surface area contributed by atoms with E-state index in [2.05, 4.69) is 9.46 Å². The fourth-order valence-corrected chi connectivity index (χ4v) is 3.27. The van der Waals surface area contributed by atoms with Crippen molar-refractivity contribution in [2.24, 2.45) is 0 Å². The Kier molecular flexibility index (Phi) is 5.63. The van der Waals surface area contributed by atoms with Crippen LogP contribution in [-0.4, -0.2) is 27.2 Å². The molecule has 7 heteroatoms. The van der Waals surface area contributed by atoms with Gasteiger partial charge in [-0.2, -0.15) is 0 Å². The summed E-state index contributed by atoms with van der Waals surface area (Å²) in [6, 6.07) is 13.6. The molecule has 0 unspecified atom stereocenters. The Hall–Kier alpha value is -2.05. The van der Waals surface area contributed by atoms with Crippen LogP contribution in [0.15, 0.2) is 48.5 Å². The highest BCUT2D eigenvalue weighted by Gasteiger charge is 2.15. The smallest absolute Gasteiger partial charge is 0.339 e. The lowest BCUT2D eigenvalue weighted by molar-refractivity contribution is 0.0601. The maximum atomic E-state index is 12.1. The third kappa shape index (κ3) is 4.97. The first-order valence-electron chi connectivity index (χ1n) is 6.83. The van der Waals surface area contributed by atoms with Crippen LogP contribution in [0.25, 0.3) is 0 Å². The van der Waals surface area contributed by atoms with Gasteiger partial charge in [0.2, 0.25) is 10.0 Å². The van der Waals surface area contributed by atoms with E-state index in [1.54, 1.807) is 0 Å². The highest BCUT2D eigenvalue weighted by atomic mass is 35.5. The van der Waals surface area contributed by atoms with E-state index in [0.29, 0.717) is 6.42 Å². The minimum absolute atomic E-state index is 0.0623. The number of carbonyl (C=O) groups excluding carboxylic acids is 1. The van der Waals surface area contributed by atoms with E-state index in [0.717, 1.165) is 5.56 Å². The zero-order valence-electron chi connectivity index (χ0n) is 12.5. The maximum absolute atomic E-state index is 12.1. The van der Waals surface area contributed by atoms with Crippen LogP contribution >= 0.6 is 11.6 Å². The molecule has 23 heavy (non-hydrogen) atoms. The van der Waals surface area contributed by atoms with Crippen LogP contribution in [0.3, 0.4) is 0 Å². The summed E-state index contributed by atoms with van der Waals surface area (Å²) in [7, 11) is -2.31. The molecule has 0 saturated carbocycles. The van der Waals surface area contributed by atoms with E-state index in [1.807, 2.05) is 30.3 Å². The average molecular weight is 354 g/mol. The highest BCUT2D eigenvalue weighted by molar-refractivity contribution is 7.92. The summed E-state index contributed by atoms with van der Waals surface area (Å²) in [4.78, 5) is 11.6. The Morgan fingerprint density at radius 1 is 1.17 bits per heavy atom. The predicted molar refractivity (Wildman–Crippen MR) is 90.3 cm³/mol. The Bertz CT molecular complexity index is 791. The van der Waals surface area contributed by atoms with E-state index in [-0.39, 0.29) is 22.0 Å². The SMILES string of the molecule is COC(=O)c1cc(NS(=O)(=O)CCc2ccccc2)ccc1Cl. The summed E-state index contributed by atoms with van der Waals surface area (Å²) in [5.74, 6) is -0.687.